The molecule has 4 aromatic rings. The second-order valence-electron chi connectivity index (χ2n) is 6.49. The minimum Gasteiger partial charge on any atom is -0.455 e. The molecule has 0 bridgehead atoms. The molecular formula is C22H16ClNO3. The van der Waals surface area contributed by atoms with Gasteiger partial charge in [0.25, 0.3) is 5.91 Å². The number of carbonyl (C=O) groups excluding carboxylic acids is 1. The molecule has 1 N–H and O–H groups in total. The zero-order valence-electron chi connectivity index (χ0n) is 14.8. The van der Waals surface area contributed by atoms with Crippen LogP contribution in [0.15, 0.2) is 63.8 Å². The average Bonchev–Trinajstić information content (AvgIpc) is 2.65. The number of amides is 1. The van der Waals surface area contributed by atoms with Crippen LogP contribution in [-0.2, 0) is 0 Å². The summed E-state index contributed by atoms with van der Waals surface area (Å²) >= 11 is 5.85. The first-order valence-electron chi connectivity index (χ1n) is 8.48. The maximum Gasteiger partial charge on any atom is 0.255 e. The first kappa shape index (κ1) is 17.3. The van der Waals surface area contributed by atoms with Crippen molar-refractivity contribution in [1.29, 1.82) is 0 Å². The van der Waals surface area contributed by atoms with Crippen LogP contribution in [0.2, 0.25) is 5.02 Å². The van der Waals surface area contributed by atoms with E-state index in [9.17, 15) is 9.59 Å². The van der Waals surface area contributed by atoms with Gasteiger partial charge in [0.05, 0.1) is 10.8 Å². The quantitative estimate of drug-likeness (QED) is 0.471. The van der Waals surface area contributed by atoms with Crippen LogP contribution in [0.5, 0.6) is 0 Å². The molecule has 0 spiro atoms. The first-order valence-corrected chi connectivity index (χ1v) is 8.85. The molecule has 1 heterocycles. The van der Waals surface area contributed by atoms with E-state index in [1.54, 1.807) is 48.5 Å². The molecule has 134 valence electrons. The van der Waals surface area contributed by atoms with E-state index in [2.05, 4.69) is 5.32 Å². The van der Waals surface area contributed by atoms with Crippen LogP contribution in [0.25, 0.3) is 21.9 Å². The van der Waals surface area contributed by atoms with Gasteiger partial charge >= 0.3 is 0 Å². The van der Waals surface area contributed by atoms with Gasteiger partial charge in [-0.2, -0.15) is 0 Å². The number of aryl methyl sites for hydroxylation is 2. The van der Waals surface area contributed by atoms with Crippen molar-refractivity contribution in [2.75, 3.05) is 5.32 Å². The van der Waals surface area contributed by atoms with E-state index in [-0.39, 0.29) is 11.3 Å². The topological polar surface area (TPSA) is 59.3 Å². The van der Waals surface area contributed by atoms with Crippen LogP contribution in [0.1, 0.15) is 21.5 Å². The Kier molecular flexibility index (Phi) is 4.21. The predicted octanol–water partition coefficient (Wildman–Crippen LogP) is 5.47. The van der Waals surface area contributed by atoms with Crippen LogP contribution in [0.4, 0.5) is 5.69 Å². The Morgan fingerprint density at radius 3 is 2.41 bits per heavy atom. The molecule has 0 saturated carbocycles. The Morgan fingerprint density at radius 1 is 0.963 bits per heavy atom. The number of halogens is 1. The Balaban J connectivity index is 1.78. The lowest BCUT2D eigenvalue weighted by Crippen LogP contribution is -2.12. The Labute approximate surface area is 160 Å². The highest BCUT2D eigenvalue weighted by Crippen LogP contribution is 2.25. The Hall–Kier alpha value is -3.11. The Morgan fingerprint density at radius 2 is 1.67 bits per heavy atom. The lowest BCUT2D eigenvalue weighted by atomic mass is 10.0. The normalized spacial score (nSPS) is 11.1. The number of hydrogen-bond acceptors (Lipinski definition) is 3. The lowest BCUT2D eigenvalue weighted by molar-refractivity contribution is 0.102. The number of nitrogens with one attached hydrogen (secondary N) is 1. The van der Waals surface area contributed by atoms with E-state index in [0.717, 1.165) is 11.1 Å². The summed E-state index contributed by atoms with van der Waals surface area (Å²) in [4.78, 5) is 25.2. The highest BCUT2D eigenvalue weighted by atomic mass is 35.5. The number of anilines is 1. The van der Waals surface area contributed by atoms with Gasteiger partial charge in [-0.3, -0.25) is 9.59 Å². The van der Waals surface area contributed by atoms with Crippen molar-refractivity contribution in [3.63, 3.8) is 0 Å². The third-order valence-corrected chi connectivity index (χ3v) is 4.98. The zero-order chi connectivity index (χ0) is 19.1. The van der Waals surface area contributed by atoms with Crippen molar-refractivity contribution in [1.82, 2.24) is 0 Å². The first-order chi connectivity index (χ1) is 12.9. The number of hydrogen-bond donors (Lipinski definition) is 1. The van der Waals surface area contributed by atoms with Crippen molar-refractivity contribution < 1.29 is 9.21 Å². The van der Waals surface area contributed by atoms with E-state index in [4.69, 9.17) is 16.0 Å². The van der Waals surface area contributed by atoms with Gasteiger partial charge < -0.3 is 9.73 Å². The van der Waals surface area contributed by atoms with Gasteiger partial charge in [0.15, 0.2) is 0 Å². The molecule has 0 radical (unpaired) electrons. The van der Waals surface area contributed by atoms with Gasteiger partial charge in [-0.15, -0.1) is 0 Å². The summed E-state index contributed by atoms with van der Waals surface area (Å²) in [5.41, 5.74) is 3.97. The highest BCUT2D eigenvalue weighted by molar-refractivity contribution is 6.30. The predicted molar refractivity (Wildman–Crippen MR) is 109 cm³/mol. The van der Waals surface area contributed by atoms with Gasteiger partial charge in [-0.25, -0.2) is 0 Å². The van der Waals surface area contributed by atoms with Crippen molar-refractivity contribution in [2.45, 2.75) is 13.8 Å². The summed E-state index contributed by atoms with van der Waals surface area (Å²) in [5, 5.41) is 4.43. The van der Waals surface area contributed by atoms with E-state index in [0.29, 0.717) is 38.2 Å². The third kappa shape index (κ3) is 3.09. The molecule has 4 nitrogen and oxygen atoms in total. The summed E-state index contributed by atoms with van der Waals surface area (Å²) in [5.74, 6) is -0.263. The molecule has 0 fully saturated rings. The standard InChI is InChI=1S/C22H16ClNO3/c1-12-3-9-18-20(25)17-10-8-16(11-19(17)27-21(18)13(12)2)24-22(26)14-4-6-15(23)7-5-14/h3-11H,1-2H3,(H,24,26). The summed E-state index contributed by atoms with van der Waals surface area (Å²) < 4.78 is 6.01. The van der Waals surface area contributed by atoms with Gasteiger partial charge in [-0.05, 0) is 67.4 Å². The van der Waals surface area contributed by atoms with Gasteiger partial charge in [0.2, 0.25) is 5.43 Å². The molecule has 0 saturated heterocycles. The molecule has 3 aromatic carbocycles. The van der Waals surface area contributed by atoms with E-state index >= 15 is 0 Å². The fourth-order valence-corrected chi connectivity index (χ4v) is 3.16. The monoisotopic (exact) mass is 377 g/mol. The molecule has 1 amide bonds. The lowest BCUT2D eigenvalue weighted by Gasteiger charge is -2.09. The maximum absolute atomic E-state index is 12.8. The molecule has 0 aliphatic heterocycles. The molecule has 1 aromatic heterocycles. The molecule has 0 unspecified atom stereocenters. The van der Waals surface area contributed by atoms with Crippen molar-refractivity contribution >= 4 is 45.1 Å². The molecule has 0 aliphatic carbocycles. The van der Waals surface area contributed by atoms with Crippen LogP contribution < -0.4 is 10.7 Å². The molecule has 5 heteroatoms. The van der Waals surface area contributed by atoms with Crippen LogP contribution in [-0.4, -0.2) is 5.91 Å². The summed E-state index contributed by atoms with van der Waals surface area (Å²) in [6.07, 6.45) is 0. The molecule has 27 heavy (non-hydrogen) atoms. The third-order valence-electron chi connectivity index (χ3n) is 4.72. The molecule has 0 aliphatic rings. The Bertz CT molecular complexity index is 1260. The molecule has 4 rings (SSSR count). The van der Waals surface area contributed by atoms with Crippen LogP contribution in [0, 0.1) is 13.8 Å². The van der Waals surface area contributed by atoms with Gasteiger partial charge in [-0.1, -0.05) is 17.7 Å². The van der Waals surface area contributed by atoms with Gasteiger partial charge in [0, 0.05) is 22.3 Å². The fourth-order valence-electron chi connectivity index (χ4n) is 3.03. The number of fused-ring (bicyclic) bond motifs is 2. The number of rotatable bonds is 2. The average molecular weight is 378 g/mol. The number of carbonyl (C=O) groups is 1. The zero-order valence-corrected chi connectivity index (χ0v) is 15.6. The summed E-state index contributed by atoms with van der Waals surface area (Å²) in [7, 11) is 0. The minimum absolute atomic E-state index is 0.0788. The number of benzene rings is 3. The van der Waals surface area contributed by atoms with Crippen LogP contribution in [0.3, 0.4) is 0 Å². The van der Waals surface area contributed by atoms with E-state index in [1.807, 2.05) is 19.9 Å². The van der Waals surface area contributed by atoms with Crippen molar-refractivity contribution in [3.8, 4) is 0 Å². The summed E-state index contributed by atoms with van der Waals surface area (Å²) in [6.45, 7) is 3.90. The smallest absolute Gasteiger partial charge is 0.255 e. The second-order valence-corrected chi connectivity index (χ2v) is 6.92. The van der Waals surface area contributed by atoms with Crippen LogP contribution >= 0.6 is 11.6 Å². The SMILES string of the molecule is Cc1ccc2c(=O)c3ccc(NC(=O)c4ccc(Cl)cc4)cc3oc2c1C. The minimum atomic E-state index is -0.263. The molecule has 0 atom stereocenters. The highest BCUT2D eigenvalue weighted by Gasteiger charge is 2.12. The maximum atomic E-state index is 12.8. The summed E-state index contributed by atoms with van der Waals surface area (Å²) in [6, 6.07) is 15.4. The van der Waals surface area contributed by atoms with Crippen molar-refractivity contribution in [3.05, 3.63) is 86.5 Å². The van der Waals surface area contributed by atoms with E-state index < -0.39 is 0 Å². The fraction of sp³-hybridized carbons (Fsp3) is 0.0909. The van der Waals surface area contributed by atoms with E-state index in [1.165, 1.54) is 0 Å². The van der Waals surface area contributed by atoms with Gasteiger partial charge in [0.1, 0.15) is 11.2 Å². The molecular weight excluding hydrogens is 362 g/mol. The largest absolute Gasteiger partial charge is 0.455 e. The van der Waals surface area contributed by atoms with Crippen molar-refractivity contribution in [2.24, 2.45) is 0 Å². The second kappa shape index (κ2) is 6.56.